The quantitative estimate of drug-likeness (QED) is 0.298. The van der Waals surface area contributed by atoms with Crippen molar-refractivity contribution in [1.29, 1.82) is 0 Å². The average molecular weight is 627 g/mol. The largest absolute Gasteiger partial charge is 0.497 e. The van der Waals surface area contributed by atoms with Crippen molar-refractivity contribution >= 4 is 15.9 Å². The summed E-state index contributed by atoms with van der Waals surface area (Å²) < 4.78 is 48.6. The number of benzene rings is 1. The lowest BCUT2D eigenvalue weighted by molar-refractivity contribution is -0.144. The van der Waals surface area contributed by atoms with E-state index < -0.39 is 15.6 Å². The molecule has 3 aromatic rings. The van der Waals surface area contributed by atoms with Gasteiger partial charge >= 0.3 is 0 Å². The molecule has 44 heavy (non-hydrogen) atoms. The zero-order chi connectivity index (χ0) is 31.2. The minimum Gasteiger partial charge on any atom is -0.497 e. The maximum Gasteiger partial charge on any atom is 0.248 e. The van der Waals surface area contributed by atoms with Crippen molar-refractivity contribution < 1.29 is 27.4 Å². The molecule has 0 bridgehead atoms. The van der Waals surface area contributed by atoms with Crippen LogP contribution in [0.3, 0.4) is 0 Å². The van der Waals surface area contributed by atoms with Crippen LogP contribution >= 0.6 is 0 Å². The predicted molar refractivity (Wildman–Crippen MR) is 163 cm³/mol. The number of hydrogen-bond donors (Lipinski definition) is 0. The Labute approximate surface area is 259 Å². The van der Waals surface area contributed by atoms with Crippen LogP contribution in [0.25, 0.3) is 0 Å². The zero-order valence-electron chi connectivity index (χ0n) is 25.7. The van der Waals surface area contributed by atoms with Crippen LogP contribution in [0.15, 0.2) is 54.2 Å². The number of carbonyl (C=O) groups excluding carboxylic acids is 1. The lowest BCUT2D eigenvalue weighted by Gasteiger charge is -2.42. The van der Waals surface area contributed by atoms with Gasteiger partial charge in [0.1, 0.15) is 25.0 Å². The highest BCUT2D eigenvalue weighted by Crippen LogP contribution is 2.37. The van der Waals surface area contributed by atoms with E-state index in [0.717, 1.165) is 18.4 Å². The summed E-state index contributed by atoms with van der Waals surface area (Å²) >= 11 is 0. The normalized spacial score (nSPS) is 19.2. The van der Waals surface area contributed by atoms with Gasteiger partial charge in [0.25, 0.3) is 0 Å². The molecular formula is C31H42N6O6S. The first kappa shape index (κ1) is 32.0. The molecule has 0 radical (unpaired) electrons. The van der Waals surface area contributed by atoms with Gasteiger partial charge in [-0.25, -0.2) is 13.4 Å². The van der Waals surface area contributed by atoms with E-state index in [0.29, 0.717) is 73.8 Å². The Kier molecular flexibility index (Phi) is 10.3. The van der Waals surface area contributed by atoms with Crippen LogP contribution in [0.2, 0.25) is 0 Å². The third kappa shape index (κ3) is 7.12. The molecule has 1 amide bonds. The van der Waals surface area contributed by atoms with Gasteiger partial charge in [0.15, 0.2) is 0 Å². The van der Waals surface area contributed by atoms with Crippen molar-refractivity contribution in [3.05, 3.63) is 66.0 Å². The van der Waals surface area contributed by atoms with E-state index in [9.17, 15) is 13.2 Å². The highest BCUT2D eigenvalue weighted by atomic mass is 32.2. The monoisotopic (exact) mass is 626 g/mol. The Hall–Kier alpha value is -3.39. The standard InChI is InChI=1S/C31H42N6O6S/c1-24-17-28(41-3)18-25(2)30(24)44(39,40)37-12-5-4-8-27(37)20-42-21-29(38)35-13-9-31(10-14-35,26-7-6-11-32-19-26)43-16-15-36-23-33-22-34-36/h6-7,11,17-19,22-23,27H,4-5,8-10,12-16,20-21H2,1-3H3/t27-/m0/s1. The zero-order valence-corrected chi connectivity index (χ0v) is 26.5. The van der Waals surface area contributed by atoms with Gasteiger partial charge in [-0.1, -0.05) is 12.5 Å². The lowest BCUT2D eigenvalue weighted by Crippen LogP contribution is -2.49. The van der Waals surface area contributed by atoms with Gasteiger partial charge < -0.3 is 19.1 Å². The number of likely N-dealkylation sites (tertiary alicyclic amines) is 1. The molecule has 2 aliphatic rings. The fraction of sp³-hybridized carbons (Fsp3) is 0.548. The molecule has 0 aliphatic carbocycles. The molecule has 238 valence electrons. The van der Waals surface area contributed by atoms with E-state index in [4.69, 9.17) is 14.2 Å². The van der Waals surface area contributed by atoms with E-state index in [1.807, 2.05) is 18.3 Å². The number of sulfonamides is 1. The van der Waals surface area contributed by atoms with Crippen LogP contribution in [0.5, 0.6) is 5.75 Å². The fourth-order valence-corrected chi connectivity index (χ4v) is 8.43. The maximum atomic E-state index is 13.8. The SMILES string of the molecule is COc1cc(C)c(S(=O)(=O)N2CCCC[C@H]2COCC(=O)N2CCC(OCCn3cncn3)(c3cccnc3)CC2)c(C)c1. The predicted octanol–water partition coefficient (Wildman–Crippen LogP) is 3.09. The van der Waals surface area contributed by atoms with E-state index in [2.05, 4.69) is 15.1 Å². The van der Waals surface area contributed by atoms with Crippen LogP contribution in [-0.4, -0.2) is 95.9 Å². The van der Waals surface area contributed by atoms with Crippen molar-refractivity contribution in [3.8, 4) is 5.75 Å². The van der Waals surface area contributed by atoms with Crippen molar-refractivity contribution in [2.24, 2.45) is 0 Å². The fourth-order valence-electron chi connectivity index (χ4n) is 6.33. The molecule has 2 fully saturated rings. The van der Waals surface area contributed by atoms with Crippen molar-refractivity contribution in [3.63, 3.8) is 0 Å². The minimum atomic E-state index is -3.76. The molecule has 2 aromatic heterocycles. The van der Waals surface area contributed by atoms with Crippen LogP contribution in [0, 0.1) is 13.8 Å². The Bertz CT molecular complexity index is 1470. The van der Waals surface area contributed by atoms with E-state index in [1.165, 1.54) is 6.33 Å². The van der Waals surface area contributed by atoms with Crippen molar-refractivity contribution in [2.75, 3.05) is 46.6 Å². The van der Waals surface area contributed by atoms with Gasteiger partial charge in [0, 0.05) is 43.6 Å². The smallest absolute Gasteiger partial charge is 0.248 e. The summed E-state index contributed by atoms with van der Waals surface area (Å²) in [5, 5.41) is 4.14. The highest BCUT2D eigenvalue weighted by molar-refractivity contribution is 7.89. The number of piperidine rings is 2. The third-order valence-electron chi connectivity index (χ3n) is 8.62. The van der Waals surface area contributed by atoms with Crippen LogP contribution in [0.1, 0.15) is 48.8 Å². The number of nitrogens with zero attached hydrogens (tertiary/aromatic N) is 6. The first-order valence-electron chi connectivity index (χ1n) is 15.1. The van der Waals surface area contributed by atoms with Crippen molar-refractivity contribution in [2.45, 2.75) is 69.0 Å². The molecule has 0 N–H and O–H groups in total. The molecule has 1 aromatic carbocycles. The summed E-state index contributed by atoms with van der Waals surface area (Å²) in [5.41, 5.74) is 1.73. The number of pyridine rings is 1. The summed E-state index contributed by atoms with van der Waals surface area (Å²) in [7, 11) is -2.19. The molecular weight excluding hydrogens is 584 g/mol. The third-order valence-corrected chi connectivity index (χ3v) is 10.9. The number of aryl methyl sites for hydroxylation is 2. The number of methoxy groups -OCH3 is 1. The maximum absolute atomic E-state index is 13.8. The first-order valence-corrected chi connectivity index (χ1v) is 16.6. The molecule has 13 heteroatoms. The minimum absolute atomic E-state index is 0.0992. The number of carbonyl (C=O) groups is 1. The second kappa shape index (κ2) is 14.1. The van der Waals surface area contributed by atoms with Crippen LogP contribution in [0.4, 0.5) is 0 Å². The average Bonchev–Trinajstić information content (AvgIpc) is 3.55. The number of aromatic nitrogens is 4. The second-order valence-corrected chi connectivity index (χ2v) is 13.3. The molecule has 5 rings (SSSR count). The Balaban J connectivity index is 1.17. The van der Waals surface area contributed by atoms with Gasteiger partial charge in [-0.3, -0.25) is 14.5 Å². The number of ether oxygens (including phenoxy) is 3. The lowest BCUT2D eigenvalue weighted by atomic mass is 9.85. The Morgan fingerprint density at radius 1 is 1.09 bits per heavy atom. The molecule has 4 heterocycles. The van der Waals surface area contributed by atoms with Gasteiger partial charge in [-0.2, -0.15) is 9.40 Å². The van der Waals surface area contributed by atoms with Gasteiger partial charge in [-0.05, 0) is 68.9 Å². The molecule has 0 saturated carbocycles. The highest BCUT2D eigenvalue weighted by Gasteiger charge is 2.39. The summed E-state index contributed by atoms with van der Waals surface area (Å²) in [6.07, 6.45) is 10.3. The molecule has 0 spiro atoms. The van der Waals surface area contributed by atoms with Gasteiger partial charge in [0.2, 0.25) is 15.9 Å². The van der Waals surface area contributed by atoms with Gasteiger partial charge in [-0.15, -0.1) is 0 Å². The molecule has 2 saturated heterocycles. The topological polar surface area (TPSA) is 129 Å². The molecule has 0 unspecified atom stereocenters. The second-order valence-electron chi connectivity index (χ2n) is 11.5. The number of rotatable bonds is 12. The first-order chi connectivity index (χ1) is 21.2. The number of amides is 1. The molecule has 1 atom stereocenters. The van der Waals surface area contributed by atoms with Gasteiger partial charge in [0.05, 0.1) is 37.4 Å². The van der Waals surface area contributed by atoms with Crippen LogP contribution < -0.4 is 4.74 Å². The number of hydrogen-bond acceptors (Lipinski definition) is 9. The van der Waals surface area contributed by atoms with Crippen LogP contribution in [-0.2, 0) is 36.4 Å². The molecule has 12 nitrogen and oxygen atoms in total. The summed E-state index contributed by atoms with van der Waals surface area (Å²) in [5.74, 6) is 0.518. The van der Waals surface area contributed by atoms with E-state index in [1.54, 1.807) is 59.5 Å². The molecule has 2 aliphatic heterocycles. The van der Waals surface area contributed by atoms with Crippen molar-refractivity contribution in [1.82, 2.24) is 29.0 Å². The Morgan fingerprint density at radius 3 is 2.52 bits per heavy atom. The summed E-state index contributed by atoms with van der Waals surface area (Å²) in [6, 6.07) is 7.08. The Morgan fingerprint density at radius 2 is 1.86 bits per heavy atom. The summed E-state index contributed by atoms with van der Waals surface area (Å²) in [6.45, 7) is 6.13. The summed E-state index contributed by atoms with van der Waals surface area (Å²) in [4.78, 5) is 23.6. The van der Waals surface area contributed by atoms with E-state index >= 15 is 0 Å². The van der Waals surface area contributed by atoms with E-state index in [-0.39, 0.29) is 25.2 Å².